The molecule has 2 unspecified atom stereocenters. The third kappa shape index (κ3) is 1.70. The molecular weight excluding hydrogens is 126 g/mol. The van der Waals surface area contributed by atoms with E-state index in [-0.39, 0.29) is 0 Å². The van der Waals surface area contributed by atoms with Crippen molar-refractivity contribution < 1.29 is 4.74 Å². The van der Waals surface area contributed by atoms with E-state index < -0.39 is 0 Å². The van der Waals surface area contributed by atoms with Crippen LogP contribution in [0.2, 0.25) is 0 Å². The molecule has 0 amide bonds. The summed E-state index contributed by atoms with van der Waals surface area (Å²) in [7, 11) is 2.01. The van der Waals surface area contributed by atoms with Gasteiger partial charge in [-0.3, -0.25) is 0 Å². The predicted octanol–water partition coefficient (Wildman–Crippen LogP) is 1.16. The second-order valence-corrected chi connectivity index (χ2v) is 2.85. The Morgan fingerprint density at radius 2 is 2.50 bits per heavy atom. The van der Waals surface area contributed by atoms with Gasteiger partial charge in [-0.25, -0.2) is 0 Å². The normalized spacial score (nSPS) is 28.8. The molecule has 0 aromatic carbocycles. The Bertz CT molecular complexity index is 85.3. The number of likely N-dealkylation sites (N-methyl/N-ethyl adjacent to an activating group) is 1. The van der Waals surface area contributed by atoms with Gasteiger partial charge in [0.15, 0.2) is 0 Å². The quantitative estimate of drug-likeness (QED) is 0.640. The molecular formula is C8H17NO. The molecule has 1 N–H and O–H groups in total. The van der Waals surface area contributed by atoms with E-state index in [9.17, 15) is 0 Å². The van der Waals surface area contributed by atoms with Crippen LogP contribution in [0.15, 0.2) is 0 Å². The summed E-state index contributed by atoms with van der Waals surface area (Å²) in [5.41, 5.74) is 0. The van der Waals surface area contributed by atoms with Gasteiger partial charge >= 0.3 is 0 Å². The Hall–Kier alpha value is -0.0800. The number of hydrogen-bond donors (Lipinski definition) is 1. The SMILES string of the molecule is CCC(NC)C1CCCO1. The average Bonchev–Trinajstić information content (AvgIpc) is 2.43. The highest BCUT2D eigenvalue weighted by atomic mass is 16.5. The van der Waals surface area contributed by atoms with E-state index in [2.05, 4.69) is 12.2 Å². The molecule has 60 valence electrons. The fourth-order valence-electron chi connectivity index (χ4n) is 1.57. The highest BCUT2D eigenvalue weighted by molar-refractivity contribution is 4.77. The Morgan fingerprint density at radius 3 is 2.90 bits per heavy atom. The summed E-state index contributed by atoms with van der Waals surface area (Å²) in [6.07, 6.45) is 4.12. The molecule has 0 aromatic heterocycles. The summed E-state index contributed by atoms with van der Waals surface area (Å²) < 4.78 is 5.53. The van der Waals surface area contributed by atoms with Crippen LogP contribution in [0.5, 0.6) is 0 Å². The molecule has 0 spiro atoms. The van der Waals surface area contributed by atoms with Gasteiger partial charge in [-0.15, -0.1) is 0 Å². The van der Waals surface area contributed by atoms with Gasteiger partial charge in [0.1, 0.15) is 0 Å². The molecule has 1 aliphatic rings. The van der Waals surface area contributed by atoms with Crippen molar-refractivity contribution in [1.29, 1.82) is 0 Å². The first-order valence-electron chi connectivity index (χ1n) is 4.17. The van der Waals surface area contributed by atoms with Crippen molar-refractivity contribution in [3.63, 3.8) is 0 Å². The summed E-state index contributed by atoms with van der Waals surface area (Å²) in [4.78, 5) is 0. The monoisotopic (exact) mass is 143 g/mol. The molecule has 0 saturated carbocycles. The van der Waals surface area contributed by atoms with E-state index in [0.717, 1.165) is 6.61 Å². The van der Waals surface area contributed by atoms with Gasteiger partial charge in [0.2, 0.25) is 0 Å². The summed E-state index contributed by atoms with van der Waals surface area (Å²) in [6.45, 7) is 3.16. The van der Waals surface area contributed by atoms with Crippen LogP contribution in [-0.4, -0.2) is 25.8 Å². The topological polar surface area (TPSA) is 21.3 Å². The fraction of sp³-hybridized carbons (Fsp3) is 1.00. The van der Waals surface area contributed by atoms with Gasteiger partial charge < -0.3 is 10.1 Å². The lowest BCUT2D eigenvalue weighted by Crippen LogP contribution is -2.36. The van der Waals surface area contributed by atoms with Crippen molar-refractivity contribution >= 4 is 0 Å². The van der Waals surface area contributed by atoms with Crippen molar-refractivity contribution in [3.05, 3.63) is 0 Å². The lowest BCUT2D eigenvalue weighted by molar-refractivity contribution is 0.0796. The molecule has 1 saturated heterocycles. The van der Waals surface area contributed by atoms with Crippen LogP contribution in [0, 0.1) is 0 Å². The number of nitrogens with one attached hydrogen (secondary N) is 1. The second kappa shape index (κ2) is 3.94. The zero-order chi connectivity index (χ0) is 7.40. The van der Waals surface area contributed by atoms with E-state index in [4.69, 9.17) is 4.74 Å². The fourth-order valence-corrected chi connectivity index (χ4v) is 1.57. The zero-order valence-corrected chi connectivity index (χ0v) is 6.89. The van der Waals surface area contributed by atoms with E-state index >= 15 is 0 Å². The smallest absolute Gasteiger partial charge is 0.0728 e. The third-order valence-corrected chi connectivity index (χ3v) is 2.22. The average molecular weight is 143 g/mol. The first-order valence-corrected chi connectivity index (χ1v) is 4.17. The minimum atomic E-state index is 0.481. The molecule has 0 bridgehead atoms. The maximum atomic E-state index is 5.53. The Morgan fingerprint density at radius 1 is 1.70 bits per heavy atom. The van der Waals surface area contributed by atoms with Crippen LogP contribution >= 0.6 is 0 Å². The zero-order valence-electron chi connectivity index (χ0n) is 6.89. The first kappa shape index (κ1) is 8.02. The third-order valence-electron chi connectivity index (χ3n) is 2.22. The number of ether oxygens (including phenoxy) is 1. The van der Waals surface area contributed by atoms with Crippen LogP contribution < -0.4 is 5.32 Å². The molecule has 0 aromatic rings. The maximum absolute atomic E-state index is 5.53. The van der Waals surface area contributed by atoms with Gasteiger partial charge in [-0.05, 0) is 26.3 Å². The Labute approximate surface area is 63.0 Å². The van der Waals surface area contributed by atoms with E-state index in [1.54, 1.807) is 0 Å². The van der Waals surface area contributed by atoms with Crippen molar-refractivity contribution in [1.82, 2.24) is 5.32 Å². The molecule has 1 heterocycles. The van der Waals surface area contributed by atoms with Gasteiger partial charge in [-0.1, -0.05) is 6.92 Å². The Kier molecular flexibility index (Phi) is 3.16. The van der Waals surface area contributed by atoms with Crippen LogP contribution in [0.1, 0.15) is 26.2 Å². The van der Waals surface area contributed by atoms with Gasteiger partial charge in [0.25, 0.3) is 0 Å². The maximum Gasteiger partial charge on any atom is 0.0728 e. The van der Waals surface area contributed by atoms with Gasteiger partial charge in [-0.2, -0.15) is 0 Å². The predicted molar refractivity (Wildman–Crippen MR) is 42.1 cm³/mol. The van der Waals surface area contributed by atoms with Crippen LogP contribution in [-0.2, 0) is 4.74 Å². The molecule has 2 heteroatoms. The summed E-state index contributed by atoms with van der Waals surface area (Å²) in [5.74, 6) is 0. The number of hydrogen-bond acceptors (Lipinski definition) is 2. The van der Waals surface area contributed by atoms with Crippen LogP contribution in [0.4, 0.5) is 0 Å². The molecule has 1 rings (SSSR count). The second-order valence-electron chi connectivity index (χ2n) is 2.85. The van der Waals surface area contributed by atoms with E-state index in [0.29, 0.717) is 12.1 Å². The van der Waals surface area contributed by atoms with Crippen molar-refractivity contribution in [2.75, 3.05) is 13.7 Å². The van der Waals surface area contributed by atoms with Crippen LogP contribution in [0.25, 0.3) is 0 Å². The lowest BCUT2D eigenvalue weighted by Gasteiger charge is -2.20. The van der Waals surface area contributed by atoms with Crippen molar-refractivity contribution in [2.45, 2.75) is 38.3 Å². The largest absolute Gasteiger partial charge is 0.377 e. The minimum Gasteiger partial charge on any atom is -0.377 e. The van der Waals surface area contributed by atoms with Crippen molar-refractivity contribution in [3.8, 4) is 0 Å². The highest BCUT2D eigenvalue weighted by Gasteiger charge is 2.22. The molecule has 1 aliphatic heterocycles. The number of rotatable bonds is 3. The Balaban J connectivity index is 2.29. The molecule has 0 radical (unpaired) electrons. The molecule has 2 nitrogen and oxygen atoms in total. The molecule has 10 heavy (non-hydrogen) atoms. The first-order chi connectivity index (χ1) is 4.88. The van der Waals surface area contributed by atoms with Crippen molar-refractivity contribution in [2.24, 2.45) is 0 Å². The van der Waals surface area contributed by atoms with Gasteiger partial charge in [0, 0.05) is 12.6 Å². The summed E-state index contributed by atoms with van der Waals surface area (Å²) >= 11 is 0. The minimum absolute atomic E-state index is 0.481. The van der Waals surface area contributed by atoms with E-state index in [1.165, 1.54) is 19.3 Å². The standard InChI is InChI=1S/C8H17NO/c1-3-7(9-2)8-5-4-6-10-8/h7-9H,3-6H2,1-2H3. The molecule has 0 aliphatic carbocycles. The molecule has 1 fully saturated rings. The van der Waals surface area contributed by atoms with Gasteiger partial charge in [0.05, 0.1) is 6.10 Å². The summed E-state index contributed by atoms with van der Waals surface area (Å²) in [6, 6.07) is 0.572. The van der Waals surface area contributed by atoms with Crippen LogP contribution in [0.3, 0.4) is 0 Å². The van der Waals surface area contributed by atoms with E-state index in [1.807, 2.05) is 7.05 Å². The lowest BCUT2D eigenvalue weighted by atomic mass is 10.1. The molecule has 2 atom stereocenters. The highest BCUT2D eigenvalue weighted by Crippen LogP contribution is 2.16. The summed E-state index contributed by atoms with van der Waals surface area (Å²) in [5, 5.41) is 3.27.